The number of ether oxygens (including phenoxy) is 1. The standard InChI is InChI=1S/C17H13NO4/c19-17(20)16-15(6-9-21-16)13-2-1-3-14(10-13)22-11-12-4-7-18-8-5-12/h1-10H,11H2,(H,19,20). The third-order valence-electron chi connectivity index (χ3n) is 3.16. The number of carboxylic acids is 1. The van der Waals surface area contributed by atoms with Gasteiger partial charge in [0, 0.05) is 18.0 Å². The van der Waals surface area contributed by atoms with Crippen LogP contribution >= 0.6 is 0 Å². The second-order valence-electron chi connectivity index (χ2n) is 4.64. The van der Waals surface area contributed by atoms with E-state index in [2.05, 4.69) is 4.98 Å². The molecule has 5 heteroatoms. The molecule has 2 aromatic heterocycles. The van der Waals surface area contributed by atoms with E-state index in [4.69, 9.17) is 14.3 Å². The number of benzene rings is 1. The van der Waals surface area contributed by atoms with Crippen molar-refractivity contribution >= 4 is 5.97 Å². The van der Waals surface area contributed by atoms with Crippen LogP contribution in [0.3, 0.4) is 0 Å². The van der Waals surface area contributed by atoms with Gasteiger partial charge in [-0.1, -0.05) is 12.1 Å². The van der Waals surface area contributed by atoms with Gasteiger partial charge in [-0.25, -0.2) is 4.79 Å². The molecule has 22 heavy (non-hydrogen) atoms. The van der Waals surface area contributed by atoms with Gasteiger partial charge in [-0.3, -0.25) is 4.98 Å². The Morgan fingerprint density at radius 1 is 1.18 bits per heavy atom. The van der Waals surface area contributed by atoms with E-state index in [1.54, 1.807) is 24.5 Å². The molecule has 5 nitrogen and oxygen atoms in total. The van der Waals surface area contributed by atoms with Crippen LogP contribution in [0.2, 0.25) is 0 Å². The number of rotatable bonds is 5. The van der Waals surface area contributed by atoms with Gasteiger partial charge >= 0.3 is 5.97 Å². The van der Waals surface area contributed by atoms with E-state index in [0.717, 1.165) is 11.1 Å². The Balaban J connectivity index is 1.81. The maximum Gasteiger partial charge on any atom is 0.372 e. The molecule has 0 saturated heterocycles. The summed E-state index contributed by atoms with van der Waals surface area (Å²) in [6.07, 6.45) is 4.78. The van der Waals surface area contributed by atoms with Crippen LogP contribution in [0.15, 0.2) is 65.5 Å². The number of hydrogen-bond acceptors (Lipinski definition) is 4. The van der Waals surface area contributed by atoms with Crippen LogP contribution in [-0.4, -0.2) is 16.1 Å². The highest BCUT2D eigenvalue weighted by atomic mass is 16.5. The summed E-state index contributed by atoms with van der Waals surface area (Å²) >= 11 is 0. The van der Waals surface area contributed by atoms with Crippen LogP contribution in [-0.2, 0) is 6.61 Å². The van der Waals surface area contributed by atoms with E-state index in [9.17, 15) is 4.79 Å². The smallest absolute Gasteiger partial charge is 0.372 e. The lowest BCUT2D eigenvalue weighted by molar-refractivity contribution is 0.0663. The second kappa shape index (κ2) is 6.13. The Hall–Kier alpha value is -3.08. The molecule has 0 fully saturated rings. The summed E-state index contributed by atoms with van der Waals surface area (Å²) in [4.78, 5) is 15.1. The molecule has 0 radical (unpaired) electrons. The molecule has 0 unspecified atom stereocenters. The number of carbonyl (C=O) groups is 1. The second-order valence-corrected chi connectivity index (χ2v) is 4.64. The third-order valence-corrected chi connectivity index (χ3v) is 3.16. The summed E-state index contributed by atoms with van der Waals surface area (Å²) < 4.78 is 10.7. The molecule has 0 aliphatic heterocycles. The number of carboxylic acid groups (broad SMARTS) is 1. The fourth-order valence-electron chi connectivity index (χ4n) is 2.10. The molecule has 3 rings (SSSR count). The van der Waals surface area contributed by atoms with Crippen LogP contribution in [0.5, 0.6) is 5.75 Å². The lowest BCUT2D eigenvalue weighted by Gasteiger charge is -2.08. The van der Waals surface area contributed by atoms with E-state index in [1.807, 2.05) is 30.3 Å². The molecule has 0 bridgehead atoms. The molecule has 0 amide bonds. The number of pyridine rings is 1. The predicted molar refractivity (Wildman–Crippen MR) is 79.7 cm³/mol. The molecule has 0 aliphatic rings. The Bertz CT molecular complexity index is 780. The molecule has 110 valence electrons. The SMILES string of the molecule is O=C(O)c1occc1-c1cccc(OCc2ccncc2)c1. The van der Waals surface area contributed by atoms with Crippen molar-refractivity contribution < 1.29 is 19.1 Å². The molecule has 1 aromatic carbocycles. The summed E-state index contributed by atoms with van der Waals surface area (Å²) in [5.74, 6) is -0.513. The molecule has 3 aromatic rings. The predicted octanol–water partition coefficient (Wildman–Crippen LogP) is 3.62. The zero-order valence-corrected chi connectivity index (χ0v) is 11.6. The summed E-state index contributed by atoms with van der Waals surface area (Å²) in [6.45, 7) is 0.420. The van der Waals surface area contributed by atoms with Gasteiger partial charge in [0.05, 0.1) is 6.26 Å². The first-order chi connectivity index (χ1) is 10.7. The van der Waals surface area contributed by atoms with Crippen molar-refractivity contribution in [3.63, 3.8) is 0 Å². The van der Waals surface area contributed by atoms with Crippen molar-refractivity contribution in [1.82, 2.24) is 4.98 Å². The normalized spacial score (nSPS) is 10.4. The molecule has 0 aliphatic carbocycles. The highest BCUT2D eigenvalue weighted by Crippen LogP contribution is 2.28. The maximum atomic E-state index is 11.1. The summed E-state index contributed by atoms with van der Waals surface area (Å²) in [5, 5.41) is 9.11. The van der Waals surface area contributed by atoms with Gasteiger partial charge in [0.15, 0.2) is 0 Å². The first kappa shape index (κ1) is 13.9. The van der Waals surface area contributed by atoms with Gasteiger partial charge in [-0.05, 0) is 41.5 Å². The monoisotopic (exact) mass is 295 g/mol. The molecule has 1 N–H and O–H groups in total. The first-order valence-corrected chi connectivity index (χ1v) is 6.67. The van der Waals surface area contributed by atoms with Gasteiger partial charge in [-0.2, -0.15) is 0 Å². The lowest BCUT2D eigenvalue weighted by Crippen LogP contribution is -1.97. The van der Waals surface area contributed by atoms with Crippen molar-refractivity contribution in [2.75, 3.05) is 0 Å². The Labute approximate surface area is 126 Å². The number of aromatic nitrogens is 1. The fourth-order valence-corrected chi connectivity index (χ4v) is 2.10. The van der Waals surface area contributed by atoms with E-state index in [1.165, 1.54) is 6.26 Å². The largest absolute Gasteiger partial charge is 0.489 e. The quantitative estimate of drug-likeness (QED) is 0.778. The number of hydrogen-bond donors (Lipinski definition) is 1. The minimum absolute atomic E-state index is 0.0775. The van der Waals surface area contributed by atoms with E-state index in [-0.39, 0.29) is 5.76 Å². The van der Waals surface area contributed by atoms with E-state index < -0.39 is 5.97 Å². The molecular weight excluding hydrogens is 282 g/mol. The third kappa shape index (κ3) is 2.98. The lowest BCUT2D eigenvalue weighted by atomic mass is 10.1. The molecular formula is C17H13NO4. The summed E-state index contributed by atoms with van der Waals surface area (Å²) in [7, 11) is 0. The molecule has 2 heterocycles. The highest BCUT2D eigenvalue weighted by molar-refractivity contribution is 5.93. The average Bonchev–Trinajstić information content (AvgIpc) is 3.04. The van der Waals surface area contributed by atoms with Gasteiger partial charge in [0.25, 0.3) is 0 Å². The van der Waals surface area contributed by atoms with Gasteiger partial charge in [0.2, 0.25) is 5.76 Å². The Kier molecular flexibility index (Phi) is 3.87. The van der Waals surface area contributed by atoms with Crippen LogP contribution < -0.4 is 4.74 Å². The Morgan fingerprint density at radius 2 is 2.00 bits per heavy atom. The van der Waals surface area contributed by atoms with Gasteiger partial charge in [0.1, 0.15) is 12.4 Å². The number of aromatic carboxylic acids is 1. The van der Waals surface area contributed by atoms with Crippen molar-refractivity contribution in [2.45, 2.75) is 6.61 Å². The zero-order valence-electron chi connectivity index (χ0n) is 11.6. The fraction of sp³-hybridized carbons (Fsp3) is 0.0588. The molecule has 0 saturated carbocycles. The highest BCUT2D eigenvalue weighted by Gasteiger charge is 2.15. The van der Waals surface area contributed by atoms with Gasteiger partial charge < -0.3 is 14.3 Å². The number of nitrogens with zero attached hydrogens (tertiary/aromatic N) is 1. The summed E-state index contributed by atoms with van der Waals surface area (Å²) in [6, 6.07) is 12.6. The van der Waals surface area contributed by atoms with Crippen LogP contribution in [0.25, 0.3) is 11.1 Å². The van der Waals surface area contributed by atoms with Crippen LogP contribution in [0.4, 0.5) is 0 Å². The van der Waals surface area contributed by atoms with Crippen molar-refractivity contribution in [2.24, 2.45) is 0 Å². The first-order valence-electron chi connectivity index (χ1n) is 6.67. The molecule has 0 spiro atoms. The number of furan rings is 1. The van der Waals surface area contributed by atoms with Crippen molar-refractivity contribution in [3.05, 3.63) is 72.4 Å². The zero-order chi connectivity index (χ0) is 15.4. The Morgan fingerprint density at radius 3 is 2.77 bits per heavy atom. The van der Waals surface area contributed by atoms with E-state index in [0.29, 0.717) is 17.9 Å². The van der Waals surface area contributed by atoms with Crippen LogP contribution in [0.1, 0.15) is 16.1 Å². The van der Waals surface area contributed by atoms with Gasteiger partial charge in [-0.15, -0.1) is 0 Å². The minimum Gasteiger partial charge on any atom is -0.489 e. The van der Waals surface area contributed by atoms with Crippen molar-refractivity contribution in [1.29, 1.82) is 0 Å². The van der Waals surface area contributed by atoms with Crippen molar-refractivity contribution in [3.8, 4) is 16.9 Å². The van der Waals surface area contributed by atoms with E-state index >= 15 is 0 Å². The minimum atomic E-state index is -1.09. The summed E-state index contributed by atoms with van der Waals surface area (Å²) in [5.41, 5.74) is 2.27. The average molecular weight is 295 g/mol. The maximum absolute atomic E-state index is 11.1. The molecule has 0 atom stereocenters. The topological polar surface area (TPSA) is 72.6 Å². The van der Waals surface area contributed by atoms with Crippen LogP contribution in [0, 0.1) is 0 Å².